The molecule has 0 saturated heterocycles. The summed E-state index contributed by atoms with van der Waals surface area (Å²) in [5, 5.41) is 0. The monoisotopic (exact) mass is 476 g/mol. The molecule has 1 aliphatic rings. The third kappa shape index (κ3) is 4.48. The lowest BCUT2D eigenvalue weighted by Gasteiger charge is -2.34. The molecular formula is C28H32N2O3S. The Morgan fingerprint density at radius 2 is 1.00 bits per heavy atom. The highest BCUT2D eigenvalue weighted by Gasteiger charge is 2.37. The van der Waals surface area contributed by atoms with Gasteiger partial charge in [-0.15, -0.1) is 0 Å². The van der Waals surface area contributed by atoms with Crippen LogP contribution in [0.1, 0.15) is 38.9 Å². The van der Waals surface area contributed by atoms with Crippen LogP contribution in [0.25, 0.3) is 0 Å². The van der Waals surface area contributed by atoms with Gasteiger partial charge in [-0.3, -0.25) is 0 Å². The lowest BCUT2D eigenvalue weighted by molar-refractivity contribution is 0.225. The summed E-state index contributed by atoms with van der Waals surface area (Å²) in [6.07, 6.45) is 2.91. The standard InChI is InChI=1S/C28H32N2O3S/c1-18-8-10-25(11-9-18)34(31,32)33-28-29(26-21(4)14-19(2)15-22(26)5)12-13-30(28)27-23(6)16-20(3)17-24(27)7/h8-17,28H,1-7H3. The maximum absolute atomic E-state index is 13.4. The summed E-state index contributed by atoms with van der Waals surface area (Å²) in [5.74, 6) is 0. The Balaban J connectivity index is 1.84. The molecule has 0 radical (unpaired) electrons. The Kier molecular flexibility index (Phi) is 6.32. The van der Waals surface area contributed by atoms with E-state index in [9.17, 15) is 8.42 Å². The van der Waals surface area contributed by atoms with E-state index < -0.39 is 16.5 Å². The molecule has 0 aromatic heterocycles. The summed E-state index contributed by atoms with van der Waals surface area (Å²) in [6.45, 7) is 14.2. The van der Waals surface area contributed by atoms with Crippen LogP contribution in [0.15, 0.2) is 65.8 Å². The molecule has 34 heavy (non-hydrogen) atoms. The van der Waals surface area contributed by atoms with E-state index in [0.29, 0.717) is 0 Å². The van der Waals surface area contributed by atoms with Gasteiger partial charge in [0.15, 0.2) is 0 Å². The first-order valence-electron chi connectivity index (χ1n) is 11.4. The van der Waals surface area contributed by atoms with Crippen LogP contribution in [0.5, 0.6) is 0 Å². The highest BCUT2D eigenvalue weighted by molar-refractivity contribution is 7.86. The SMILES string of the molecule is Cc1ccc(S(=O)(=O)OC2N(c3c(C)cc(C)cc3C)C=CN2c2c(C)cc(C)cc2C)cc1. The molecular weight excluding hydrogens is 444 g/mol. The van der Waals surface area contributed by atoms with Crippen LogP contribution >= 0.6 is 0 Å². The van der Waals surface area contributed by atoms with E-state index in [-0.39, 0.29) is 4.90 Å². The Hall–Kier alpha value is -3.09. The zero-order valence-corrected chi connectivity index (χ0v) is 21.7. The fourth-order valence-corrected chi connectivity index (χ4v) is 5.91. The summed E-state index contributed by atoms with van der Waals surface area (Å²) < 4.78 is 32.8. The van der Waals surface area contributed by atoms with Crippen molar-refractivity contribution in [2.45, 2.75) is 59.7 Å². The summed E-state index contributed by atoms with van der Waals surface area (Å²) in [7, 11) is -4.03. The van der Waals surface area contributed by atoms with E-state index in [0.717, 1.165) is 50.3 Å². The van der Waals surface area contributed by atoms with Crippen molar-refractivity contribution >= 4 is 21.5 Å². The maximum atomic E-state index is 13.4. The van der Waals surface area contributed by atoms with Crippen LogP contribution in [-0.2, 0) is 14.3 Å². The second-order valence-electron chi connectivity index (χ2n) is 9.30. The number of anilines is 2. The van der Waals surface area contributed by atoms with Crippen LogP contribution in [0.2, 0.25) is 0 Å². The van der Waals surface area contributed by atoms with E-state index in [2.05, 4.69) is 38.1 Å². The van der Waals surface area contributed by atoms with Gasteiger partial charge >= 0.3 is 0 Å². The third-order valence-electron chi connectivity index (χ3n) is 6.17. The van der Waals surface area contributed by atoms with Crippen molar-refractivity contribution in [1.29, 1.82) is 0 Å². The van der Waals surface area contributed by atoms with Crippen LogP contribution in [0.3, 0.4) is 0 Å². The second-order valence-corrected chi connectivity index (χ2v) is 10.9. The lowest BCUT2D eigenvalue weighted by atomic mass is 10.0. The maximum Gasteiger partial charge on any atom is 0.300 e. The molecule has 1 aliphatic heterocycles. The molecule has 178 valence electrons. The van der Waals surface area contributed by atoms with Crippen molar-refractivity contribution in [2.75, 3.05) is 9.80 Å². The van der Waals surface area contributed by atoms with Crippen LogP contribution in [-0.4, -0.2) is 14.8 Å². The molecule has 0 atom stereocenters. The first kappa shape index (κ1) is 24.0. The quantitative estimate of drug-likeness (QED) is 0.403. The highest BCUT2D eigenvalue weighted by atomic mass is 32.2. The number of rotatable bonds is 5. The molecule has 0 fully saturated rings. The molecule has 5 nitrogen and oxygen atoms in total. The first-order valence-corrected chi connectivity index (χ1v) is 12.8. The predicted molar refractivity (Wildman–Crippen MR) is 139 cm³/mol. The molecule has 0 unspecified atom stereocenters. The Morgan fingerprint density at radius 3 is 1.38 bits per heavy atom. The van der Waals surface area contributed by atoms with Gasteiger partial charge in [-0.05, 0) is 82.9 Å². The van der Waals surface area contributed by atoms with Crippen molar-refractivity contribution in [1.82, 2.24) is 0 Å². The van der Waals surface area contributed by atoms with Gasteiger partial charge in [0, 0.05) is 12.4 Å². The van der Waals surface area contributed by atoms with Gasteiger partial charge in [-0.2, -0.15) is 8.42 Å². The fourth-order valence-electron chi connectivity index (χ4n) is 4.92. The molecule has 3 aromatic rings. The number of benzene rings is 3. The van der Waals surface area contributed by atoms with Gasteiger partial charge in [-0.1, -0.05) is 53.1 Å². The normalized spacial score (nSPS) is 14.3. The topological polar surface area (TPSA) is 49.9 Å². The van der Waals surface area contributed by atoms with E-state index in [1.807, 2.05) is 56.8 Å². The van der Waals surface area contributed by atoms with Crippen LogP contribution in [0, 0.1) is 48.5 Å². The van der Waals surface area contributed by atoms with Gasteiger partial charge in [0.2, 0.25) is 6.35 Å². The lowest BCUT2D eigenvalue weighted by Crippen LogP contribution is -2.43. The van der Waals surface area contributed by atoms with Gasteiger partial charge in [0.1, 0.15) is 0 Å². The molecule has 3 aromatic carbocycles. The van der Waals surface area contributed by atoms with Gasteiger partial charge < -0.3 is 9.80 Å². The minimum atomic E-state index is -4.03. The Bertz CT molecular complexity index is 1260. The average molecular weight is 477 g/mol. The molecule has 0 saturated carbocycles. The molecule has 0 bridgehead atoms. The Labute approximate surface area is 203 Å². The predicted octanol–water partition coefficient (Wildman–Crippen LogP) is 6.33. The zero-order valence-electron chi connectivity index (χ0n) is 20.9. The summed E-state index contributed by atoms with van der Waals surface area (Å²) in [4.78, 5) is 3.96. The van der Waals surface area contributed by atoms with E-state index in [4.69, 9.17) is 4.18 Å². The van der Waals surface area contributed by atoms with Crippen molar-refractivity contribution in [2.24, 2.45) is 0 Å². The van der Waals surface area contributed by atoms with Gasteiger partial charge in [0.05, 0.1) is 16.3 Å². The minimum absolute atomic E-state index is 0.139. The van der Waals surface area contributed by atoms with Crippen molar-refractivity contribution < 1.29 is 12.6 Å². The van der Waals surface area contributed by atoms with E-state index in [1.165, 1.54) is 0 Å². The Morgan fingerprint density at radius 1 is 0.618 bits per heavy atom. The number of hydrogen-bond acceptors (Lipinski definition) is 5. The molecule has 1 heterocycles. The molecule has 0 spiro atoms. The third-order valence-corrected chi connectivity index (χ3v) is 7.45. The summed E-state index contributed by atoms with van der Waals surface area (Å²) >= 11 is 0. The molecule has 0 aliphatic carbocycles. The second kappa shape index (κ2) is 8.93. The van der Waals surface area contributed by atoms with E-state index in [1.54, 1.807) is 24.3 Å². The van der Waals surface area contributed by atoms with Crippen molar-refractivity contribution in [3.05, 3.63) is 99.9 Å². The van der Waals surface area contributed by atoms with E-state index >= 15 is 0 Å². The largest absolute Gasteiger partial charge is 0.301 e. The average Bonchev–Trinajstić information content (AvgIpc) is 3.09. The highest BCUT2D eigenvalue weighted by Crippen LogP contribution is 2.38. The van der Waals surface area contributed by atoms with Gasteiger partial charge in [0.25, 0.3) is 10.1 Å². The van der Waals surface area contributed by atoms with Crippen LogP contribution < -0.4 is 9.80 Å². The van der Waals surface area contributed by atoms with Crippen LogP contribution in [0.4, 0.5) is 11.4 Å². The summed E-state index contributed by atoms with van der Waals surface area (Å²) in [5.41, 5.74) is 9.42. The first-order chi connectivity index (χ1) is 16.0. The fraction of sp³-hybridized carbons (Fsp3) is 0.286. The number of hydrogen-bond donors (Lipinski definition) is 0. The molecule has 4 rings (SSSR count). The van der Waals surface area contributed by atoms with Crippen molar-refractivity contribution in [3.8, 4) is 0 Å². The molecule has 0 N–H and O–H groups in total. The molecule has 6 heteroatoms. The minimum Gasteiger partial charge on any atom is -0.301 e. The smallest absolute Gasteiger partial charge is 0.300 e. The van der Waals surface area contributed by atoms with Gasteiger partial charge in [-0.25, -0.2) is 4.18 Å². The number of aryl methyl sites for hydroxylation is 7. The molecule has 0 amide bonds. The zero-order chi connectivity index (χ0) is 24.8. The van der Waals surface area contributed by atoms with Crippen molar-refractivity contribution in [3.63, 3.8) is 0 Å². The number of nitrogens with zero attached hydrogens (tertiary/aromatic N) is 2. The summed E-state index contributed by atoms with van der Waals surface area (Å²) in [6, 6.07) is 15.2.